The van der Waals surface area contributed by atoms with Crippen LogP contribution in [0.4, 0.5) is 0 Å². The molecule has 0 aliphatic heterocycles. The SMILES string of the molecule is COCCn1c(SC(C)C(=O)c2ccc(CCNC(C)=O)cc2)nc(C)c1C. The summed E-state index contributed by atoms with van der Waals surface area (Å²) >= 11 is 1.48. The summed E-state index contributed by atoms with van der Waals surface area (Å²) in [5.74, 6) is 0.0435. The maximum absolute atomic E-state index is 12.8. The van der Waals surface area contributed by atoms with Crippen molar-refractivity contribution < 1.29 is 14.3 Å². The van der Waals surface area contributed by atoms with E-state index in [-0.39, 0.29) is 16.9 Å². The van der Waals surface area contributed by atoms with Gasteiger partial charge in [0.25, 0.3) is 0 Å². The van der Waals surface area contributed by atoms with Crippen LogP contribution in [-0.4, -0.2) is 46.8 Å². The van der Waals surface area contributed by atoms with E-state index in [0.29, 0.717) is 18.7 Å². The second-order valence-corrected chi connectivity index (χ2v) is 8.07. The largest absolute Gasteiger partial charge is 0.383 e. The number of ketones is 1. The van der Waals surface area contributed by atoms with Crippen LogP contribution < -0.4 is 5.32 Å². The number of hydrogen-bond acceptors (Lipinski definition) is 5. The normalized spacial score (nSPS) is 12.0. The van der Waals surface area contributed by atoms with Gasteiger partial charge in [-0.2, -0.15) is 0 Å². The number of aromatic nitrogens is 2. The molecule has 1 aromatic carbocycles. The summed E-state index contributed by atoms with van der Waals surface area (Å²) in [6.45, 7) is 9.35. The van der Waals surface area contributed by atoms with Gasteiger partial charge in [0.2, 0.25) is 5.91 Å². The molecule has 1 atom stereocenters. The summed E-state index contributed by atoms with van der Waals surface area (Å²) in [5, 5.41) is 3.38. The minimum Gasteiger partial charge on any atom is -0.383 e. The number of hydrogen-bond donors (Lipinski definition) is 1. The third kappa shape index (κ3) is 5.94. The number of benzene rings is 1. The molecule has 0 fully saturated rings. The number of aryl methyl sites for hydroxylation is 1. The number of rotatable bonds is 10. The van der Waals surface area contributed by atoms with Gasteiger partial charge in [0.15, 0.2) is 10.9 Å². The fourth-order valence-electron chi connectivity index (χ4n) is 2.82. The molecular formula is C21H29N3O3S. The molecule has 2 rings (SSSR count). The maximum atomic E-state index is 12.8. The van der Waals surface area contributed by atoms with Crippen LogP contribution >= 0.6 is 11.8 Å². The van der Waals surface area contributed by atoms with Gasteiger partial charge in [0.1, 0.15) is 0 Å². The third-order valence-corrected chi connectivity index (χ3v) is 5.71. The first-order valence-electron chi connectivity index (χ1n) is 9.40. The molecule has 1 heterocycles. The summed E-state index contributed by atoms with van der Waals surface area (Å²) in [7, 11) is 1.68. The Morgan fingerprint density at radius 3 is 2.54 bits per heavy atom. The predicted octanol–water partition coefficient (Wildman–Crippen LogP) is 3.19. The molecule has 0 spiro atoms. The number of nitrogens with zero attached hydrogens (tertiary/aromatic N) is 2. The molecule has 1 aromatic heterocycles. The van der Waals surface area contributed by atoms with E-state index in [1.165, 1.54) is 18.7 Å². The zero-order valence-electron chi connectivity index (χ0n) is 17.2. The molecule has 0 aliphatic carbocycles. The van der Waals surface area contributed by atoms with E-state index in [1.807, 2.05) is 45.0 Å². The zero-order valence-corrected chi connectivity index (χ0v) is 18.1. The molecule has 1 unspecified atom stereocenters. The van der Waals surface area contributed by atoms with Crippen molar-refractivity contribution in [2.24, 2.45) is 0 Å². The fraction of sp³-hybridized carbons (Fsp3) is 0.476. The summed E-state index contributed by atoms with van der Waals surface area (Å²) < 4.78 is 7.30. The van der Waals surface area contributed by atoms with Gasteiger partial charge in [-0.25, -0.2) is 4.98 Å². The molecule has 6 nitrogen and oxygen atoms in total. The van der Waals surface area contributed by atoms with Crippen molar-refractivity contribution in [2.45, 2.75) is 51.1 Å². The van der Waals surface area contributed by atoms with Gasteiger partial charge >= 0.3 is 0 Å². The standard InChI is InChI=1S/C21H29N3O3S/c1-14-15(2)24(12-13-27-5)21(23-14)28-16(3)20(26)19-8-6-18(7-9-19)10-11-22-17(4)25/h6-9,16H,10-13H2,1-5H3,(H,22,25). The fourth-order valence-corrected chi connectivity index (χ4v) is 3.93. The summed E-state index contributed by atoms with van der Waals surface area (Å²) in [5.41, 5.74) is 3.85. The minimum absolute atomic E-state index is 0.0352. The lowest BCUT2D eigenvalue weighted by Crippen LogP contribution is -2.22. The first-order chi connectivity index (χ1) is 13.3. The predicted molar refractivity (Wildman–Crippen MR) is 112 cm³/mol. The highest BCUT2D eigenvalue weighted by Gasteiger charge is 2.21. The monoisotopic (exact) mass is 403 g/mol. The molecule has 1 N–H and O–H groups in total. The lowest BCUT2D eigenvalue weighted by molar-refractivity contribution is -0.118. The van der Waals surface area contributed by atoms with E-state index in [0.717, 1.165) is 35.1 Å². The number of amides is 1. The van der Waals surface area contributed by atoms with Gasteiger partial charge in [0.05, 0.1) is 17.6 Å². The molecule has 0 aliphatic rings. The molecule has 0 saturated heterocycles. The number of carbonyl (C=O) groups excluding carboxylic acids is 2. The van der Waals surface area contributed by atoms with Gasteiger partial charge in [-0.15, -0.1) is 0 Å². The molecule has 0 saturated carbocycles. The van der Waals surface area contributed by atoms with E-state index in [1.54, 1.807) is 7.11 Å². The van der Waals surface area contributed by atoms with Gasteiger partial charge < -0.3 is 14.6 Å². The Morgan fingerprint density at radius 1 is 1.25 bits per heavy atom. The van der Waals surface area contributed by atoms with Crippen LogP contribution in [0.2, 0.25) is 0 Å². The molecule has 152 valence electrons. The Kier molecular flexibility index (Phi) is 8.26. The van der Waals surface area contributed by atoms with Crippen LogP contribution in [0.3, 0.4) is 0 Å². The maximum Gasteiger partial charge on any atom is 0.216 e. The van der Waals surface area contributed by atoms with Crippen molar-refractivity contribution in [2.75, 3.05) is 20.3 Å². The minimum atomic E-state index is -0.243. The van der Waals surface area contributed by atoms with E-state index in [9.17, 15) is 9.59 Å². The number of Topliss-reactive ketones (excluding diaryl/α,β-unsaturated/α-hetero) is 1. The first kappa shape index (κ1) is 22.2. The molecule has 2 aromatic rings. The quantitative estimate of drug-likeness (QED) is 0.487. The number of thioether (sulfide) groups is 1. The van der Waals surface area contributed by atoms with Crippen LogP contribution in [0.25, 0.3) is 0 Å². The Morgan fingerprint density at radius 2 is 1.93 bits per heavy atom. The van der Waals surface area contributed by atoms with Crippen molar-refractivity contribution in [3.05, 3.63) is 46.8 Å². The number of nitrogens with one attached hydrogen (secondary N) is 1. The highest BCUT2D eigenvalue weighted by Crippen LogP contribution is 2.27. The highest BCUT2D eigenvalue weighted by atomic mass is 32.2. The molecule has 1 amide bonds. The average Bonchev–Trinajstić information content (AvgIpc) is 2.93. The number of methoxy groups -OCH3 is 1. The number of imidazole rings is 1. The number of carbonyl (C=O) groups is 2. The summed E-state index contributed by atoms with van der Waals surface area (Å²) in [6.07, 6.45) is 0.744. The first-order valence-corrected chi connectivity index (χ1v) is 10.3. The van der Waals surface area contributed by atoms with Gasteiger partial charge in [-0.05, 0) is 32.8 Å². The van der Waals surface area contributed by atoms with E-state index < -0.39 is 0 Å². The van der Waals surface area contributed by atoms with Gasteiger partial charge in [0, 0.05) is 38.4 Å². The van der Waals surface area contributed by atoms with Crippen molar-refractivity contribution in [3.8, 4) is 0 Å². The molecule has 0 bridgehead atoms. The lowest BCUT2D eigenvalue weighted by atomic mass is 10.0. The highest BCUT2D eigenvalue weighted by molar-refractivity contribution is 8.00. The van der Waals surface area contributed by atoms with Gasteiger partial charge in [-0.3, -0.25) is 9.59 Å². The van der Waals surface area contributed by atoms with E-state index in [2.05, 4.69) is 14.9 Å². The molecule has 0 radical (unpaired) electrons. The van der Waals surface area contributed by atoms with Crippen LogP contribution in [0.1, 0.15) is 41.2 Å². The zero-order chi connectivity index (χ0) is 20.7. The Hall–Kier alpha value is -2.12. The van der Waals surface area contributed by atoms with Crippen LogP contribution in [0.5, 0.6) is 0 Å². The van der Waals surface area contributed by atoms with Gasteiger partial charge in [-0.1, -0.05) is 36.0 Å². The molecule has 7 heteroatoms. The van der Waals surface area contributed by atoms with Crippen molar-refractivity contribution >= 4 is 23.5 Å². The number of ether oxygens (including phenoxy) is 1. The second-order valence-electron chi connectivity index (χ2n) is 6.76. The van der Waals surface area contributed by atoms with E-state index in [4.69, 9.17) is 4.74 Å². The smallest absolute Gasteiger partial charge is 0.216 e. The lowest BCUT2D eigenvalue weighted by Gasteiger charge is -2.13. The second kappa shape index (κ2) is 10.4. The van der Waals surface area contributed by atoms with E-state index >= 15 is 0 Å². The van der Waals surface area contributed by atoms with Crippen LogP contribution in [0.15, 0.2) is 29.4 Å². The average molecular weight is 404 g/mol. The summed E-state index contributed by atoms with van der Waals surface area (Å²) in [4.78, 5) is 28.4. The molecular weight excluding hydrogens is 374 g/mol. The van der Waals surface area contributed by atoms with Crippen molar-refractivity contribution in [1.82, 2.24) is 14.9 Å². The van der Waals surface area contributed by atoms with Crippen LogP contribution in [0, 0.1) is 13.8 Å². The van der Waals surface area contributed by atoms with Crippen molar-refractivity contribution in [1.29, 1.82) is 0 Å². The molecule has 28 heavy (non-hydrogen) atoms. The Balaban J connectivity index is 2.03. The summed E-state index contributed by atoms with van der Waals surface area (Å²) in [6, 6.07) is 7.60. The van der Waals surface area contributed by atoms with Crippen molar-refractivity contribution in [3.63, 3.8) is 0 Å². The van der Waals surface area contributed by atoms with Crippen LogP contribution in [-0.2, 0) is 22.5 Å². The topological polar surface area (TPSA) is 73.2 Å². The third-order valence-electron chi connectivity index (χ3n) is 4.62. The Labute approximate surface area is 171 Å². The Bertz CT molecular complexity index is 815.